The van der Waals surface area contributed by atoms with E-state index in [1.165, 1.54) is 6.33 Å². The summed E-state index contributed by atoms with van der Waals surface area (Å²) in [5.74, 6) is 0. The molecule has 0 fully saturated rings. The van der Waals surface area contributed by atoms with Gasteiger partial charge in [-0.1, -0.05) is 11.6 Å². The Bertz CT molecular complexity index is 414. The summed E-state index contributed by atoms with van der Waals surface area (Å²) in [6, 6.07) is 0. The molecule has 5 heteroatoms. The quantitative estimate of drug-likeness (QED) is 0.591. The van der Waals surface area contributed by atoms with Gasteiger partial charge < -0.3 is 5.41 Å². The maximum absolute atomic E-state index is 7.54. The molecule has 0 saturated carbocycles. The van der Waals surface area contributed by atoms with Gasteiger partial charge in [0.15, 0.2) is 0 Å². The van der Waals surface area contributed by atoms with E-state index in [0.717, 1.165) is 14.8 Å². The highest BCUT2D eigenvalue weighted by atomic mass is 127. The minimum Gasteiger partial charge on any atom is -0.305 e. The van der Waals surface area contributed by atoms with Crippen LogP contribution in [-0.4, -0.2) is 15.7 Å². The Morgan fingerprint density at radius 3 is 3.00 bits per heavy atom. The maximum Gasteiger partial charge on any atom is 0.141 e. The van der Waals surface area contributed by atoms with E-state index in [1.54, 1.807) is 6.08 Å². The van der Waals surface area contributed by atoms with Gasteiger partial charge in [-0.2, -0.15) is 0 Å². The molecule has 0 aromatic carbocycles. The SMILES string of the molecule is N=C1C=C(I)c2c(Cl)ncnc2C1. The van der Waals surface area contributed by atoms with Gasteiger partial charge in [0.1, 0.15) is 11.5 Å². The van der Waals surface area contributed by atoms with Crippen molar-refractivity contribution in [3.05, 3.63) is 28.8 Å². The highest BCUT2D eigenvalue weighted by Gasteiger charge is 2.18. The van der Waals surface area contributed by atoms with Crippen LogP contribution in [0.5, 0.6) is 0 Å². The van der Waals surface area contributed by atoms with Gasteiger partial charge in [-0.3, -0.25) is 0 Å². The minimum atomic E-state index is 0.471. The molecule has 0 unspecified atom stereocenters. The predicted octanol–water partition coefficient (Wildman–Crippen LogP) is 2.48. The smallest absolute Gasteiger partial charge is 0.141 e. The zero-order valence-corrected chi connectivity index (χ0v) is 9.43. The van der Waals surface area contributed by atoms with Crippen molar-refractivity contribution in [3.63, 3.8) is 0 Å². The van der Waals surface area contributed by atoms with E-state index in [1.807, 2.05) is 0 Å². The number of halogens is 2. The molecule has 2 rings (SSSR count). The van der Waals surface area contributed by atoms with Gasteiger partial charge in [-0.25, -0.2) is 9.97 Å². The average Bonchev–Trinajstić information content (AvgIpc) is 2.02. The van der Waals surface area contributed by atoms with Crippen molar-refractivity contribution in [2.45, 2.75) is 6.42 Å². The lowest BCUT2D eigenvalue weighted by Gasteiger charge is -2.13. The fourth-order valence-electron chi connectivity index (χ4n) is 1.22. The molecule has 13 heavy (non-hydrogen) atoms. The summed E-state index contributed by atoms with van der Waals surface area (Å²) in [5.41, 5.74) is 2.28. The molecule has 1 aromatic rings. The second kappa shape index (κ2) is 3.34. The lowest BCUT2D eigenvalue weighted by molar-refractivity contribution is 1.05. The Morgan fingerprint density at radius 1 is 1.46 bits per heavy atom. The van der Waals surface area contributed by atoms with Crippen LogP contribution < -0.4 is 0 Å². The van der Waals surface area contributed by atoms with E-state index in [-0.39, 0.29) is 0 Å². The van der Waals surface area contributed by atoms with E-state index < -0.39 is 0 Å². The monoisotopic (exact) mass is 305 g/mol. The molecule has 1 aliphatic carbocycles. The van der Waals surface area contributed by atoms with Gasteiger partial charge in [0.2, 0.25) is 0 Å². The molecule has 0 aliphatic heterocycles. The largest absolute Gasteiger partial charge is 0.305 e. The summed E-state index contributed by atoms with van der Waals surface area (Å²) in [5, 5.41) is 8.01. The molecule has 0 radical (unpaired) electrons. The van der Waals surface area contributed by atoms with Crippen LogP contribution in [0.15, 0.2) is 12.4 Å². The molecule has 66 valence electrons. The summed E-state index contributed by atoms with van der Waals surface area (Å²) >= 11 is 8.06. The molecule has 0 bridgehead atoms. The molecule has 0 saturated heterocycles. The number of nitrogens with one attached hydrogen (secondary N) is 1. The second-order valence-corrected chi connectivity index (χ2v) is 4.20. The highest BCUT2D eigenvalue weighted by molar-refractivity contribution is 14.1. The maximum atomic E-state index is 7.54. The van der Waals surface area contributed by atoms with Crippen molar-refractivity contribution in [3.8, 4) is 0 Å². The molecule has 0 spiro atoms. The molecular weight excluding hydrogens is 300 g/mol. The fourth-order valence-corrected chi connectivity index (χ4v) is 2.58. The van der Waals surface area contributed by atoms with Crippen LogP contribution in [0.25, 0.3) is 3.58 Å². The van der Waals surface area contributed by atoms with E-state index in [2.05, 4.69) is 32.6 Å². The van der Waals surface area contributed by atoms with E-state index >= 15 is 0 Å². The van der Waals surface area contributed by atoms with Gasteiger partial charge in [-0.15, -0.1) is 0 Å². The standard InChI is InChI=1S/C8H5ClIN3/c9-8-7-5(10)1-4(11)2-6(7)12-3-13-8/h1,3,11H,2H2. The molecule has 1 heterocycles. The molecule has 1 N–H and O–H groups in total. The van der Waals surface area contributed by atoms with Crippen molar-refractivity contribution in [2.24, 2.45) is 0 Å². The minimum absolute atomic E-state index is 0.471. The zero-order chi connectivity index (χ0) is 9.42. The third kappa shape index (κ3) is 1.60. The van der Waals surface area contributed by atoms with Crippen LogP contribution in [0.2, 0.25) is 5.15 Å². The third-order valence-electron chi connectivity index (χ3n) is 1.78. The van der Waals surface area contributed by atoms with E-state index in [0.29, 0.717) is 17.3 Å². The number of hydrogen-bond donors (Lipinski definition) is 1. The van der Waals surface area contributed by atoms with Crippen LogP contribution in [-0.2, 0) is 6.42 Å². The van der Waals surface area contributed by atoms with Gasteiger partial charge in [0.05, 0.1) is 5.69 Å². The first-order chi connectivity index (χ1) is 6.18. The molecule has 0 atom stereocenters. The van der Waals surface area contributed by atoms with Gasteiger partial charge in [0.25, 0.3) is 0 Å². The second-order valence-electron chi connectivity index (χ2n) is 2.68. The lowest BCUT2D eigenvalue weighted by Crippen LogP contribution is -2.09. The average molecular weight is 306 g/mol. The summed E-state index contributed by atoms with van der Waals surface area (Å²) in [6.07, 6.45) is 3.77. The van der Waals surface area contributed by atoms with Crippen molar-refractivity contribution < 1.29 is 0 Å². The van der Waals surface area contributed by atoms with Crippen LogP contribution in [0.4, 0.5) is 0 Å². The van der Waals surface area contributed by atoms with E-state index in [9.17, 15) is 0 Å². The van der Waals surface area contributed by atoms with Crippen LogP contribution in [0, 0.1) is 5.41 Å². The lowest BCUT2D eigenvalue weighted by atomic mass is 10.0. The van der Waals surface area contributed by atoms with Crippen LogP contribution >= 0.6 is 34.2 Å². The number of rotatable bonds is 0. The highest BCUT2D eigenvalue weighted by Crippen LogP contribution is 2.32. The predicted molar refractivity (Wildman–Crippen MR) is 60.5 cm³/mol. The van der Waals surface area contributed by atoms with Crippen molar-refractivity contribution in [1.29, 1.82) is 5.41 Å². The molecular formula is C8H5ClIN3. The summed E-state index contributed by atoms with van der Waals surface area (Å²) in [6.45, 7) is 0. The number of aromatic nitrogens is 2. The van der Waals surface area contributed by atoms with Gasteiger partial charge in [-0.05, 0) is 28.7 Å². The fraction of sp³-hybridized carbons (Fsp3) is 0.125. The molecule has 0 amide bonds. The number of hydrogen-bond acceptors (Lipinski definition) is 3. The van der Waals surface area contributed by atoms with Crippen LogP contribution in [0.1, 0.15) is 11.3 Å². The number of allylic oxidation sites excluding steroid dienone is 1. The Labute approximate surface area is 93.9 Å². The van der Waals surface area contributed by atoms with Gasteiger partial charge >= 0.3 is 0 Å². The van der Waals surface area contributed by atoms with E-state index in [4.69, 9.17) is 17.0 Å². The molecule has 1 aromatic heterocycles. The van der Waals surface area contributed by atoms with Crippen LogP contribution in [0.3, 0.4) is 0 Å². The first kappa shape index (κ1) is 9.08. The van der Waals surface area contributed by atoms with Crippen molar-refractivity contribution in [1.82, 2.24) is 9.97 Å². The summed E-state index contributed by atoms with van der Waals surface area (Å²) in [7, 11) is 0. The normalized spacial score (nSPS) is 15.2. The van der Waals surface area contributed by atoms with Gasteiger partial charge in [0, 0.05) is 21.3 Å². The Kier molecular flexibility index (Phi) is 2.33. The van der Waals surface area contributed by atoms with Crippen molar-refractivity contribution >= 4 is 43.5 Å². The zero-order valence-electron chi connectivity index (χ0n) is 6.51. The molecule has 3 nitrogen and oxygen atoms in total. The Morgan fingerprint density at radius 2 is 2.23 bits per heavy atom. The Hall–Kier alpha value is -0.490. The first-order valence-corrected chi connectivity index (χ1v) is 5.08. The molecule has 1 aliphatic rings. The van der Waals surface area contributed by atoms with Crippen molar-refractivity contribution in [2.75, 3.05) is 0 Å². The topological polar surface area (TPSA) is 49.6 Å². The number of nitrogens with zero attached hydrogens (tertiary/aromatic N) is 2. The summed E-state index contributed by atoms with van der Waals surface area (Å²) in [4.78, 5) is 8.01. The first-order valence-electron chi connectivity index (χ1n) is 3.63. The number of fused-ring (bicyclic) bond motifs is 1. The summed E-state index contributed by atoms with van der Waals surface area (Å²) < 4.78 is 0.939. The Balaban J connectivity index is 2.67. The third-order valence-corrected chi connectivity index (χ3v) is 2.91.